The minimum atomic E-state index is -0.902. The van der Waals surface area contributed by atoms with Crippen molar-refractivity contribution in [2.75, 3.05) is 6.61 Å². The van der Waals surface area contributed by atoms with Gasteiger partial charge in [0.25, 0.3) is 0 Å². The Labute approximate surface area is 157 Å². The van der Waals surface area contributed by atoms with Crippen LogP contribution in [0.25, 0.3) is 11.1 Å². The first-order valence-corrected chi connectivity index (χ1v) is 9.05. The number of nitrogens with zero attached hydrogens (tertiary/aromatic N) is 2. The van der Waals surface area contributed by atoms with Gasteiger partial charge in [-0.15, -0.1) is 0 Å². The van der Waals surface area contributed by atoms with Gasteiger partial charge in [-0.2, -0.15) is 0 Å². The lowest BCUT2D eigenvalue weighted by Crippen LogP contribution is -2.15. The van der Waals surface area contributed by atoms with Crippen LogP contribution in [-0.2, 0) is 6.42 Å². The highest BCUT2D eigenvalue weighted by atomic mass is 16.5. The van der Waals surface area contributed by atoms with Crippen LogP contribution in [0.2, 0.25) is 0 Å². The van der Waals surface area contributed by atoms with Gasteiger partial charge in [0.05, 0.1) is 12.2 Å². The van der Waals surface area contributed by atoms with Crippen molar-refractivity contribution >= 4 is 5.97 Å². The summed E-state index contributed by atoms with van der Waals surface area (Å²) in [6, 6.07) is 11.8. The largest absolute Gasteiger partial charge is 0.493 e. The summed E-state index contributed by atoms with van der Waals surface area (Å²) < 4.78 is 5.90. The molecule has 3 aromatic rings. The van der Waals surface area contributed by atoms with Gasteiger partial charge in [-0.05, 0) is 60.1 Å². The average molecular weight is 360 g/mol. The molecule has 5 heteroatoms. The van der Waals surface area contributed by atoms with Gasteiger partial charge in [0.1, 0.15) is 5.75 Å². The van der Waals surface area contributed by atoms with E-state index in [2.05, 4.69) is 28.2 Å². The lowest BCUT2D eigenvalue weighted by Gasteiger charge is -2.26. The smallest absolute Gasteiger partial charge is 0.336 e. The quantitative estimate of drug-likeness (QED) is 0.733. The summed E-state index contributed by atoms with van der Waals surface area (Å²) in [4.78, 5) is 19.7. The van der Waals surface area contributed by atoms with Crippen LogP contribution in [0.15, 0.2) is 61.2 Å². The molecule has 0 unspecified atom stereocenters. The lowest BCUT2D eigenvalue weighted by atomic mass is 9.86. The van der Waals surface area contributed by atoms with Crippen LogP contribution in [0.1, 0.15) is 40.2 Å². The van der Waals surface area contributed by atoms with E-state index >= 15 is 0 Å². The summed E-state index contributed by atoms with van der Waals surface area (Å²) in [6.07, 6.45) is 9.28. The lowest BCUT2D eigenvalue weighted by molar-refractivity contribution is 0.0695. The number of carboxylic acid groups (broad SMARTS) is 1. The number of aromatic nitrogens is 2. The maximum absolute atomic E-state index is 11.4. The zero-order valence-corrected chi connectivity index (χ0v) is 14.8. The predicted octanol–water partition coefficient (Wildman–Crippen LogP) is 4.34. The minimum absolute atomic E-state index is 0.337. The molecule has 3 heterocycles. The van der Waals surface area contributed by atoms with E-state index in [-0.39, 0.29) is 0 Å². The molecule has 5 nitrogen and oxygen atoms in total. The molecular formula is C22H20N2O3. The molecule has 0 amide bonds. The van der Waals surface area contributed by atoms with Gasteiger partial charge in [0.2, 0.25) is 0 Å². The number of ether oxygens (including phenoxy) is 1. The Morgan fingerprint density at radius 3 is 2.81 bits per heavy atom. The molecule has 0 saturated heterocycles. The minimum Gasteiger partial charge on any atom is -0.493 e. The Bertz CT molecular complexity index is 957. The summed E-state index contributed by atoms with van der Waals surface area (Å²) in [5, 5.41) is 9.35. The summed E-state index contributed by atoms with van der Waals surface area (Å²) >= 11 is 0. The van der Waals surface area contributed by atoms with E-state index in [9.17, 15) is 9.90 Å². The highest BCUT2D eigenvalue weighted by Crippen LogP contribution is 2.39. The van der Waals surface area contributed by atoms with Gasteiger partial charge in [-0.3, -0.25) is 9.97 Å². The molecule has 1 atom stereocenters. The highest BCUT2D eigenvalue weighted by Gasteiger charge is 2.22. The molecule has 4 rings (SSSR count). The number of aromatic carboxylic acids is 1. The Hall–Kier alpha value is -3.21. The van der Waals surface area contributed by atoms with Crippen molar-refractivity contribution in [3.63, 3.8) is 0 Å². The standard InChI is InChI=1S/C22H20N2O3/c25-22(26)20-7-10-24-14-18(20)4-3-15-8-11-27-21-12-16(5-6-19(15)21)17-2-1-9-23-13-17/h1-2,5-7,9-10,12-15H,3-4,8,11H2,(H,25,26)/t15-/m0/s1. The zero-order valence-electron chi connectivity index (χ0n) is 14.8. The van der Waals surface area contributed by atoms with Crippen molar-refractivity contribution in [2.24, 2.45) is 0 Å². The molecule has 0 spiro atoms. The molecular weight excluding hydrogens is 340 g/mol. The molecule has 2 aromatic heterocycles. The Kier molecular flexibility index (Phi) is 4.83. The predicted molar refractivity (Wildman–Crippen MR) is 102 cm³/mol. The number of hydrogen-bond donors (Lipinski definition) is 1. The van der Waals surface area contributed by atoms with Crippen molar-refractivity contribution in [3.8, 4) is 16.9 Å². The van der Waals surface area contributed by atoms with Crippen molar-refractivity contribution in [1.29, 1.82) is 0 Å². The van der Waals surface area contributed by atoms with Crippen LogP contribution in [0.5, 0.6) is 5.75 Å². The summed E-state index contributed by atoms with van der Waals surface area (Å²) in [5.41, 5.74) is 4.46. The number of benzene rings is 1. The second-order valence-electron chi connectivity index (χ2n) is 6.71. The fourth-order valence-electron chi connectivity index (χ4n) is 3.64. The molecule has 0 fully saturated rings. The molecule has 1 aromatic carbocycles. The fraction of sp³-hybridized carbons (Fsp3) is 0.227. The number of rotatable bonds is 5. The number of pyridine rings is 2. The maximum Gasteiger partial charge on any atom is 0.336 e. The first kappa shape index (κ1) is 17.2. The normalized spacial score (nSPS) is 15.6. The average Bonchev–Trinajstić information content (AvgIpc) is 2.72. The van der Waals surface area contributed by atoms with Crippen molar-refractivity contribution in [1.82, 2.24) is 9.97 Å². The van der Waals surface area contributed by atoms with E-state index < -0.39 is 5.97 Å². The second-order valence-corrected chi connectivity index (χ2v) is 6.71. The number of carbonyl (C=O) groups is 1. The number of hydrogen-bond acceptors (Lipinski definition) is 4. The first-order chi connectivity index (χ1) is 13.2. The number of fused-ring (bicyclic) bond motifs is 1. The van der Waals surface area contributed by atoms with Crippen LogP contribution in [0, 0.1) is 0 Å². The molecule has 1 aliphatic rings. The topological polar surface area (TPSA) is 72.3 Å². The van der Waals surface area contributed by atoms with Crippen LogP contribution >= 0.6 is 0 Å². The van der Waals surface area contributed by atoms with Crippen molar-refractivity contribution in [2.45, 2.75) is 25.2 Å². The third kappa shape index (κ3) is 3.67. The van der Waals surface area contributed by atoms with Gasteiger partial charge in [-0.1, -0.05) is 18.2 Å². The van der Waals surface area contributed by atoms with Gasteiger partial charge in [0.15, 0.2) is 0 Å². The van der Waals surface area contributed by atoms with E-state index in [1.54, 1.807) is 18.5 Å². The van der Waals surface area contributed by atoms with Crippen LogP contribution in [0.3, 0.4) is 0 Å². The summed E-state index contributed by atoms with van der Waals surface area (Å²) in [6.45, 7) is 0.674. The van der Waals surface area contributed by atoms with Crippen LogP contribution in [0.4, 0.5) is 0 Å². The molecule has 0 saturated carbocycles. The molecule has 0 aliphatic carbocycles. The third-order valence-corrected chi connectivity index (χ3v) is 5.07. The number of aryl methyl sites for hydroxylation is 1. The van der Waals surface area contributed by atoms with Crippen LogP contribution < -0.4 is 4.74 Å². The Morgan fingerprint density at radius 1 is 1.11 bits per heavy atom. The third-order valence-electron chi connectivity index (χ3n) is 5.07. The van der Waals surface area contributed by atoms with E-state index in [0.29, 0.717) is 24.5 Å². The SMILES string of the molecule is O=C(O)c1ccncc1CC[C@H]1CCOc2cc(-c3cccnc3)ccc21. The Morgan fingerprint density at radius 2 is 2.00 bits per heavy atom. The molecule has 0 bridgehead atoms. The molecule has 0 radical (unpaired) electrons. The molecule has 1 N–H and O–H groups in total. The molecule has 27 heavy (non-hydrogen) atoms. The number of carboxylic acids is 1. The van der Waals surface area contributed by atoms with Gasteiger partial charge < -0.3 is 9.84 Å². The molecule has 136 valence electrons. The van der Waals surface area contributed by atoms with Gasteiger partial charge >= 0.3 is 5.97 Å². The maximum atomic E-state index is 11.4. The highest BCUT2D eigenvalue weighted by molar-refractivity contribution is 5.89. The molecule has 1 aliphatic heterocycles. The monoisotopic (exact) mass is 360 g/mol. The first-order valence-electron chi connectivity index (χ1n) is 9.05. The summed E-state index contributed by atoms with van der Waals surface area (Å²) in [7, 11) is 0. The van der Waals surface area contributed by atoms with Gasteiger partial charge in [-0.25, -0.2) is 4.79 Å². The fourth-order valence-corrected chi connectivity index (χ4v) is 3.64. The van der Waals surface area contributed by atoms with Crippen molar-refractivity contribution < 1.29 is 14.6 Å². The second kappa shape index (κ2) is 7.58. The zero-order chi connectivity index (χ0) is 18.6. The Balaban J connectivity index is 1.55. The van der Waals surface area contributed by atoms with Gasteiger partial charge in [0, 0.05) is 30.4 Å². The summed E-state index contributed by atoms with van der Waals surface area (Å²) in [5.74, 6) is 0.358. The van der Waals surface area contributed by atoms with E-state index in [4.69, 9.17) is 4.74 Å². The van der Waals surface area contributed by atoms with E-state index in [0.717, 1.165) is 35.3 Å². The van der Waals surface area contributed by atoms with E-state index in [1.165, 1.54) is 11.8 Å². The van der Waals surface area contributed by atoms with E-state index in [1.807, 2.05) is 18.3 Å². The van der Waals surface area contributed by atoms with Crippen LogP contribution in [-0.4, -0.2) is 27.7 Å². The van der Waals surface area contributed by atoms with Crippen molar-refractivity contribution in [3.05, 3.63) is 77.9 Å².